The van der Waals surface area contributed by atoms with Gasteiger partial charge < -0.3 is 19.9 Å². The van der Waals surface area contributed by atoms with E-state index in [4.69, 9.17) is 4.74 Å². The van der Waals surface area contributed by atoms with E-state index in [2.05, 4.69) is 10.6 Å². The third-order valence-corrected chi connectivity index (χ3v) is 4.14. The minimum Gasteiger partial charge on any atom is -0.490 e. The molecule has 0 saturated carbocycles. The van der Waals surface area contributed by atoms with Crippen LogP contribution in [0.3, 0.4) is 0 Å². The van der Waals surface area contributed by atoms with E-state index in [9.17, 15) is 4.79 Å². The third-order valence-electron chi connectivity index (χ3n) is 4.14. The molecule has 1 aliphatic heterocycles. The van der Waals surface area contributed by atoms with Gasteiger partial charge in [-0.25, -0.2) is 0 Å². The highest BCUT2D eigenvalue weighted by Gasteiger charge is 2.14. The van der Waals surface area contributed by atoms with Gasteiger partial charge in [0.25, 0.3) is 5.91 Å². The van der Waals surface area contributed by atoms with Crippen molar-refractivity contribution in [3.8, 4) is 5.75 Å². The smallest absolute Gasteiger partial charge is 0.268 e. The molecule has 5 heteroatoms. The number of hydrogen-bond donors (Lipinski definition) is 2. The Hall–Kier alpha value is -2.27. The van der Waals surface area contributed by atoms with Crippen LogP contribution in [-0.4, -0.2) is 29.7 Å². The molecule has 122 valence electrons. The summed E-state index contributed by atoms with van der Waals surface area (Å²) in [5.74, 6) is 0.835. The number of carbonyl (C=O) groups excluding carboxylic acids is 1. The zero-order chi connectivity index (χ0) is 16.1. The molecule has 5 nitrogen and oxygen atoms in total. The van der Waals surface area contributed by atoms with E-state index in [1.165, 1.54) is 0 Å². The zero-order valence-electron chi connectivity index (χ0n) is 13.4. The average Bonchev–Trinajstić information content (AvgIpc) is 3.01. The lowest BCUT2D eigenvalue weighted by molar-refractivity contribution is 0.0943. The van der Waals surface area contributed by atoms with Gasteiger partial charge in [-0.2, -0.15) is 0 Å². The number of nitrogens with zero attached hydrogens (tertiary/aromatic N) is 1. The molecule has 1 aliphatic rings. The summed E-state index contributed by atoms with van der Waals surface area (Å²) in [6, 6.07) is 11.6. The summed E-state index contributed by atoms with van der Waals surface area (Å²) < 4.78 is 7.79. The van der Waals surface area contributed by atoms with Crippen molar-refractivity contribution < 1.29 is 9.53 Å². The first-order chi connectivity index (χ1) is 11.2. The van der Waals surface area contributed by atoms with E-state index in [-0.39, 0.29) is 5.91 Å². The van der Waals surface area contributed by atoms with Crippen LogP contribution in [-0.2, 0) is 13.6 Å². The first-order valence-corrected chi connectivity index (χ1v) is 8.08. The van der Waals surface area contributed by atoms with Gasteiger partial charge in [-0.05, 0) is 55.8 Å². The Labute approximate surface area is 136 Å². The highest BCUT2D eigenvalue weighted by atomic mass is 16.5. The number of rotatable bonds is 5. The second kappa shape index (κ2) is 7.33. The van der Waals surface area contributed by atoms with E-state index in [0.717, 1.165) is 37.2 Å². The Morgan fingerprint density at radius 3 is 2.65 bits per heavy atom. The van der Waals surface area contributed by atoms with Gasteiger partial charge in [0.1, 0.15) is 17.5 Å². The number of amides is 1. The third kappa shape index (κ3) is 4.13. The second-order valence-corrected chi connectivity index (χ2v) is 5.90. The van der Waals surface area contributed by atoms with Crippen LogP contribution in [0.1, 0.15) is 28.9 Å². The Morgan fingerprint density at radius 2 is 2.00 bits per heavy atom. The summed E-state index contributed by atoms with van der Waals surface area (Å²) in [7, 11) is 1.86. The van der Waals surface area contributed by atoms with Crippen molar-refractivity contribution in [3.63, 3.8) is 0 Å². The van der Waals surface area contributed by atoms with Gasteiger partial charge in [0.15, 0.2) is 0 Å². The van der Waals surface area contributed by atoms with Crippen molar-refractivity contribution in [2.24, 2.45) is 7.05 Å². The summed E-state index contributed by atoms with van der Waals surface area (Å²) in [6.45, 7) is 2.56. The number of benzene rings is 1. The Morgan fingerprint density at radius 1 is 1.26 bits per heavy atom. The zero-order valence-corrected chi connectivity index (χ0v) is 13.4. The van der Waals surface area contributed by atoms with Gasteiger partial charge in [-0.3, -0.25) is 4.79 Å². The van der Waals surface area contributed by atoms with Crippen molar-refractivity contribution >= 4 is 5.91 Å². The van der Waals surface area contributed by atoms with Crippen LogP contribution in [0.25, 0.3) is 0 Å². The number of hydrogen-bond acceptors (Lipinski definition) is 3. The van der Waals surface area contributed by atoms with Crippen molar-refractivity contribution in [1.82, 2.24) is 15.2 Å². The molecular weight excluding hydrogens is 290 g/mol. The first-order valence-electron chi connectivity index (χ1n) is 8.08. The average molecular weight is 313 g/mol. The van der Waals surface area contributed by atoms with Gasteiger partial charge in [0, 0.05) is 19.8 Å². The van der Waals surface area contributed by atoms with E-state index < -0.39 is 0 Å². The fourth-order valence-corrected chi connectivity index (χ4v) is 2.76. The molecule has 0 unspecified atom stereocenters. The summed E-state index contributed by atoms with van der Waals surface area (Å²) in [4.78, 5) is 12.1. The minimum atomic E-state index is -0.0625. The van der Waals surface area contributed by atoms with Gasteiger partial charge in [0.05, 0.1) is 0 Å². The molecule has 3 rings (SSSR count). The Balaban J connectivity index is 1.51. The van der Waals surface area contributed by atoms with Crippen molar-refractivity contribution in [1.29, 1.82) is 0 Å². The van der Waals surface area contributed by atoms with E-state index in [1.807, 2.05) is 54.2 Å². The number of aryl methyl sites for hydroxylation is 1. The van der Waals surface area contributed by atoms with Gasteiger partial charge in [-0.1, -0.05) is 12.1 Å². The van der Waals surface area contributed by atoms with Crippen molar-refractivity contribution in [3.05, 3.63) is 53.9 Å². The fraction of sp³-hybridized carbons (Fsp3) is 0.389. The molecule has 2 N–H and O–H groups in total. The molecule has 23 heavy (non-hydrogen) atoms. The normalized spacial score (nSPS) is 15.3. The molecule has 0 aliphatic carbocycles. The summed E-state index contributed by atoms with van der Waals surface area (Å²) >= 11 is 0. The molecule has 0 spiro atoms. The molecule has 2 aromatic rings. The first kappa shape index (κ1) is 15.6. The summed E-state index contributed by atoms with van der Waals surface area (Å²) in [6.07, 6.45) is 4.27. The molecule has 0 bridgehead atoms. The lowest BCUT2D eigenvalue weighted by Crippen LogP contribution is -2.34. The predicted molar refractivity (Wildman–Crippen MR) is 89.5 cm³/mol. The monoisotopic (exact) mass is 313 g/mol. The van der Waals surface area contributed by atoms with E-state index >= 15 is 0 Å². The van der Waals surface area contributed by atoms with Crippen LogP contribution >= 0.6 is 0 Å². The van der Waals surface area contributed by atoms with Crippen LogP contribution in [0.15, 0.2) is 42.6 Å². The summed E-state index contributed by atoms with van der Waals surface area (Å²) in [5.41, 5.74) is 1.72. The van der Waals surface area contributed by atoms with Crippen LogP contribution in [0.5, 0.6) is 5.75 Å². The number of aromatic nitrogens is 1. The van der Waals surface area contributed by atoms with Crippen molar-refractivity contribution in [2.45, 2.75) is 25.5 Å². The van der Waals surface area contributed by atoms with Gasteiger partial charge >= 0.3 is 0 Å². The van der Waals surface area contributed by atoms with Crippen LogP contribution < -0.4 is 15.4 Å². The maximum Gasteiger partial charge on any atom is 0.268 e. The number of piperidine rings is 1. The highest BCUT2D eigenvalue weighted by molar-refractivity contribution is 5.92. The minimum absolute atomic E-state index is 0.0625. The molecule has 2 heterocycles. The standard InChI is InChI=1S/C18H23N3O2/c1-21-12-2-3-17(21)18(22)20-13-14-4-6-15(7-5-14)23-16-8-10-19-11-9-16/h2-7,12,16,19H,8-11,13H2,1H3,(H,20,22). The Bertz CT molecular complexity index is 643. The fourth-order valence-electron chi connectivity index (χ4n) is 2.76. The van der Waals surface area contributed by atoms with E-state index in [0.29, 0.717) is 18.3 Å². The molecule has 0 radical (unpaired) electrons. The molecule has 1 saturated heterocycles. The lowest BCUT2D eigenvalue weighted by atomic mass is 10.1. The lowest BCUT2D eigenvalue weighted by Gasteiger charge is -2.23. The highest BCUT2D eigenvalue weighted by Crippen LogP contribution is 2.17. The number of ether oxygens (including phenoxy) is 1. The number of nitrogens with one attached hydrogen (secondary N) is 2. The summed E-state index contributed by atoms with van der Waals surface area (Å²) in [5, 5.41) is 6.26. The quantitative estimate of drug-likeness (QED) is 0.889. The number of carbonyl (C=O) groups is 1. The Kier molecular flexibility index (Phi) is 4.98. The van der Waals surface area contributed by atoms with Crippen LogP contribution in [0, 0.1) is 0 Å². The maximum absolute atomic E-state index is 12.1. The van der Waals surface area contributed by atoms with Crippen LogP contribution in [0.2, 0.25) is 0 Å². The molecule has 1 fully saturated rings. The van der Waals surface area contributed by atoms with Gasteiger partial charge in [0.2, 0.25) is 0 Å². The maximum atomic E-state index is 12.1. The molecule has 1 amide bonds. The SMILES string of the molecule is Cn1cccc1C(=O)NCc1ccc(OC2CCNCC2)cc1. The topological polar surface area (TPSA) is 55.3 Å². The second-order valence-electron chi connectivity index (χ2n) is 5.90. The molecular formula is C18H23N3O2. The van der Waals surface area contributed by atoms with Gasteiger partial charge in [-0.15, -0.1) is 0 Å². The largest absolute Gasteiger partial charge is 0.490 e. The van der Waals surface area contributed by atoms with Crippen LogP contribution in [0.4, 0.5) is 0 Å². The molecule has 0 atom stereocenters. The van der Waals surface area contributed by atoms with Crippen molar-refractivity contribution in [2.75, 3.05) is 13.1 Å². The molecule has 1 aromatic carbocycles. The predicted octanol–water partition coefficient (Wildman–Crippen LogP) is 2.09. The van der Waals surface area contributed by atoms with E-state index in [1.54, 1.807) is 0 Å². The molecule has 1 aromatic heterocycles.